The fraction of sp³-hybridized carbons (Fsp3) is 0.300. The molecule has 144 valence electrons. The number of carbonyl (C=O) groups excluding carboxylic acids is 2. The van der Waals surface area contributed by atoms with Crippen LogP contribution in [0.3, 0.4) is 0 Å². The fourth-order valence-electron chi connectivity index (χ4n) is 2.73. The molecule has 5 nitrogen and oxygen atoms in total. The van der Waals surface area contributed by atoms with Gasteiger partial charge in [0.1, 0.15) is 5.82 Å². The zero-order valence-electron chi connectivity index (χ0n) is 15.0. The van der Waals surface area contributed by atoms with Crippen LogP contribution in [-0.2, 0) is 11.3 Å². The minimum Gasteiger partial charge on any atom is -0.348 e. The zero-order valence-corrected chi connectivity index (χ0v) is 15.8. The van der Waals surface area contributed by atoms with Crippen molar-refractivity contribution in [1.29, 1.82) is 0 Å². The van der Waals surface area contributed by atoms with Crippen LogP contribution in [0.4, 0.5) is 10.1 Å². The van der Waals surface area contributed by atoms with Crippen LogP contribution in [0.15, 0.2) is 48.5 Å². The van der Waals surface area contributed by atoms with Crippen molar-refractivity contribution < 1.29 is 14.0 Å². The molecule has 0 saturated carbocycles. The van der Waals surface area contributed by atoms with Crippen molar-refractivity contribution in [3.05, 3.63) is 65.5 Å². The molecular weight excluding hydrogens is 369 g/mol. The Bertz CT molecular complexity index is 777. The van der Waals surface area contributed by atoms with Crippen LogP contribution in [-0.4, -0.2) is 24.9 Å². The van der Waals surface area contributed by atoms with Gasteiger partial charge in [0.25, 0.3) is 5.91 Å². The summed E-state index contributed by atoms with van der Waals surface area (Å²) in [5.41, 5.74) is 1.99. The predicted octanol–water partition coefficient (Wildman–Crippen LogP) is 2.97. The molecular formula is C20H23ClFN3O2. The van der Waals surface area contributed by atoms with Crippen molar-refractivity contribution in [1.82, 2.24) is 10.6 Å². The topological polar surface area (TPSA) is 70.2 Å². The van der Waals surface area contributed by atoms with Crippen molar-refractivity contribution >= 4 is 29.9 Å². The van der Waals surface area contributed by atoms with E-state index in [1.165, 1.54) is 12.1 Å². The third kappa shape index (κ3) is 5.52. The molecule has 1 heterocycles. The Morgan fingerprint density at radius 3 is 2.30 bits per heavy atom. The molecule has 0 aliphatic carbocycles. The van der Waals surface area contributed by atoms with E-state index >= 15 is 0 Å². The lowest BCUT2D eigenvalue weighted by atomic mass is 9.88. The van der Waals surface area contributed by atoms with Gasteiger partial charge in [-0.3, -0.25) is 9.59 Å². The van der Waals surface area contributed by atoms with Gasteiger partial charge in [0, 0.05) is 23.7 Å². The number of carbonyl (C=O) groups is 2. The van der Waals surface area contributed by atoms with Crippen molar-refractivity contribution in [3.8, 4) is 0 Å². The lowest BCUT2D eigenvalue weighted by molar-refractivity contribution is -0.121. The number of anilines is 1. The first-order chi connectivity index (χ1) is 12.5. The first kappa shape index (κ1) is 20.9. The Balaban J connectivity index is 0.00000261. The predicted molar refractivity (Wildman–Crippen MR) is 105 cm³/mol. The van der Waals surface area contributed by atoms with Crippen LogP contribution in [0.5, 0.6) is 0 Å². The van der Waals surface area contributed by atoms with E-state index in [0.29, 0.717) is 23.7 Å². The van der Waals surface area contributed by atoms with E-state index in [0.717, 1.165) is 18.7 Å². The van der Waals surface area contributed by atoms with Gasteiger partial charge < -0.3 is 16.0 Å². The molecule has 2 amide bonds. The Hall–Kier alpha value is -2.44. The molecule has 1 fully saturated rings. The summed E-state index contributed by atoms with van der Waals surface area (Å²) in [4.78, 5) is 24.4. The lowest BCUT2D eigenvalue weighted by Gasteiger charge is -2.31. The quantitative estimate of drug-likeness (QED) is 0.709. The minimum absolute atomic E-state index is 0. The van der Waals surface area contributed by atoms with Crippen LogP contribution in [0.25, 0.3) is 0 Å². The number of benzene rings is 2. The van der Waals surface area contributed by atoms with Gasteiger partial charge in [-0.1, -0.05) is 19.1 Å². The number of halogens is 2. The normalized spacial score (nSPS) is 14.4. The minimum atomic E-state index is -0.305. The summed E-state index contributed by atoms with van der Waals surface area (Å²) in [7, 11) is 0. The lowest BCUT2D eigenvalue weighted by Crippen LogP contribution is -2.48. The van der Waals surface area contributed by atoms with Crippen LogP contribution < -0.4 is 16.0 Å². The largest absolute Gasteiger partial charge is 0.348 e. The monoisotopic (exact) mass is 391 g/mol. The third-order valence-corrected chi connectivity index (χ3v) is 4.71. The molecule has 1 unspecified atom stereocenters. The SMILES string of the molecule is CC(C(=O)Nc1ccc(C(=O)NCc2ccc(F)cc2)cc1)C1CNC1.Cl. The Morgan fingerprint density at radius 1 is 1.11 bits per heavy atom. The molecule has 3 rings (SSSR count). The molecule has 2 aromatic rings. The maximum Gasteiger partial charge on any atom is 0.251 e. The molecule has 0 radical (unpaired) electrons. The van der Waals surface area contributed by atoms with Crippen molar-refractivity contribution in [2.24, 2.45) is 11.8 Å². The van der Waals surface area contributed by atoms with Gasteiger partial charge in [0.05, 0.1) is 0 Å². The molecule has 27 heavy (non-hydrogen) atoms. The number of amides is 2. The average molecular weight is 392 g/mol. The molecule has 3 N–H and O–H groups in total. The fourth-order valence-corrected chi connectivity index (χ4v) is 2.73. The highest BCUT2D eigenvalue weighted by atomic mass is 35.5. The van der Waals surface area contributed by atoms with Gasteiger partial charge in [-0.25, -0.2) is 4.39 Å². The molecule has 1 saturated heterocycles. The van der Waals surface area contributed by atoms with Gasteiger partial charge in [-0.15, -0.1) is 12.4 Å². The smallest absolute Gasteiger partial charge is 0.251 e. The van der Waals surface area contributed by atoms with Gasteiger partial charge in [0.15, 0.2) is 0 Å². The molecule has 7 heteroatoms. The molecule has 1 aliphatic rings. The van der Waals surface area contributed by atoms with Crippen molar-refractivity contribution in [3.63, 3.8) is 0 Å². The van der Waals surface area contributed by atoms with E-state index in [2.05, 4.69) is 16.0 Å². The molecule has 0 spiro atoms. The molecule has 1 atom stereocenters. The number of rotatable bonds is 6. The Morgan fingerprint density at radius 2 is 1.74 bits per heavy atom. The summed E-state index contributed by atoms with van der Waals surface area (Å²) in [6.45, 7) is 4.01. The standard InChI is InChI=1S/C20H22FN3O2.ClH/c1-13(16-11-22-12-16)19(25)24-18-8-4-15(5-9-18)20(26)23-10-14-2-6-17(21)7-3-14;/h2-9,13,16,22H,10-12H2,1H3,(H,23,26)(H,24,25);1H. The van der Waals surface area contributed by atoms with Crippen LogP contribution in [0, 0.1) is 17.7 Å². The zero-order chi connectivity index (χ0) is 18.5. The maximum atomic E-state index is 12.9. The summed E-state index contributed by atoms with van der Waals surface area (Å²) in [5, 5.41) is 8.84. The highest BCUT2D eigenvalue weighted by molar-refractivity contribution is 5.96. The summed E-state index contributed by atoms with van der Waals surface area (Å²) >= 11 is 0. The van der Waals surface area contributed by atoms with Crippen LogP contribution >= 0.6 is 12.4 Å². The molecule has 1 aliphatic heterocycles. The second-order valence-electron chi connectivity index (χ2n) is 6.58. The number of nitrogens with one attached hydrogen (secondary N) is 3. The Labute approximate surface area is 164 Å². The number of hydrogen-bond donors (Lipinski definition) is 3. The molecule has 2 aromatic carbocycles. The van der Waals surface area contributed by atoms with E-state index in [1.807, 2.05) is 6.92 Å². The molecule has 0 aromatic heterocycles. The highest BCUT2D eigenvalue weighted by Crippen LogP contribution is 2.18. The van der Waals surface area contributed by atoms with Crippen molar-refractivity contribution in [2.75, 3.05) is 18.4 Å². The first-order valence-electron chi connectivity index (χ1n) is 8.67. The van der Waals surface area contributed by atoms with Crippen LogP contribution in [0.2, 0.25) is 0 Å². The van der Waals surface area contributed by atoms with Gasteiger partial charge in [0.2, 0.25) is 5.91 Å². The number of hydrogen-bond acceptors (Lipinski definition) is 3. The molecule has 0 bridgehead atoms. The van der Waals surface area contributed by atoms with E-state index in [-0.39, 0.29) is 36.0 Å². The van der Waals surface area contributed by atoms with Gasteiger partial charge in [-0.2, -0.15) is 0 Å². The second-order valence-corrected chi connectivity index (χ2v) is 6.58. The van der Waals surface area contributed by atoms with Gasteiger partial charge >= 0.3 is 0 Å². The van der Waals surface area contributed by atoms with E-state index in [1.54, 1.807) is 36.4 Å². The summed E-state index contributed by atoms with van der Waals surface area (Å²) < 4.78 is 12.9. The van der Waals surface area contributed by atoms with E-state index in [4.69, 9.17) is 0 Å². The Kier molecular flexibility index (Phi) is 7.33. The third-order valence-electron chi connectivity index (χ3n) is 4.71. The van der Waals surface area contributed by atoms with Crippen LogP contribution in [0.1, 0.15) is 22.8 Å². The average Bonchev–Trinajstić information content (AvgIpc) is 2.60. The van der Waals surface area contributed by atoms with Crippen molar-refractivity contribution in [2.45, 2.75) is 13.5 Å². The summed E-state index contributed by atoms with van der Waals surface area (Å²) in [6.07, 6.45) is 0. The first-order valence-corrected chi connectivity index (χ1v) is 8.67. The van der Waals surface area contributed by atoms with E-state index < -0.39 is 0 Å². The second kappa shape index (κ2) is 9.48. The summed E-state index contributed by atoms with van der Waals surface area (Å²) in [5.74, 6) is -0.201. The van der Waals surface area contributed by atoms with Gasteiger partial charge in [-0.05, 0) is 61.0 Å². The highest BCUT2D eigenvalue weighted by Gasteiger charge is 2.28. The van der Waals surface area contributed by atoms with E-state index in [9.17, 15) is 14.0 Å². The maximum absolute atomic E-state index is 12.9. The summed E-state index contributed by atoms with van der Waals surface area (Å²) in [6, 6.07) is 12.8.